The zero-order valence-electron chi connectivity index (χ0n) is 16.5. The SMILES string of the molecule is COC(=O)N/N=C\c1cc(Cl)ccc1OCCOc1ccc(C(C)(C)C)cc1. The Morgan fingerprint density at radius 1 is 1.11 bits per heavy atom. The molecule has 28 heavy (non-hydrogen) atoms. The maximum absolute atomic E-state index is 11.1. The predicted octanol–water partition coefficient (Wildman–Crippen LogP) is 4.79. The quantitative estimate of drug-likeness (QED) is 0.409. The van der Waals surface area contributed by atoms with Gasteiger partial charge in [0.2, 0.25) is 0 Å². The highest BCUT2D eigenvalue weighted by molar-refractivity contribution is 6.30. The highest BCUT2D eigenvalue weighted by Gasteiger charge is 2.13. The lowest BCUT2D eigenvalue weighted by Gasteiger charge is -2.19. The van der Waals surface area contributed by atoms with Gasteiger partial charge in [-0.1, -0.05) is 44.5 Å². The van der Waals surface area contributed by atoms with Crippen molar-refractivity contribution in [3.05, 3.63) is 58.6 Å². The van der Waals surface area contributed by atoms with E-state index < -0.39 is 6.09 Å². The Balaban J connectivity index is 1.89. The van der Waals surface area contributed by atoms with E-state index in [0.717, 1.165) is 5.75 Å². The van der Waals surface area contributed by atoms with Crippen molar-refractivity contribution in [2.75, 3.05) is 20.3 Å². The molecule has 0 bridgehead atoms. The predicted molar refractivity (Wildman–Crippen MR) is 111 cm³/mol. The van der Waals surface area contributed by atoms with Gasteiger partial charge < -0.3 is 14.2 Å². The van der Waals surface area contributed by atoms with E-state index in [1.165, 1.54) is 18.9 Å². The molecule has 0 aliphatic heterocycles. The minimum atomic E-state index is -0.661. The number of hydrazone groups is 1. The van der Waals surface area contributed by atoms with E-state index in [1.54, 1.807) is 18.2 Å². The van der Waals surface area contributed by atoms with E-state index in [2.05, 4.69) is 48.2 Å². The lowest BCUT2D eigenvalue weighted by Crippen LogP contribution is -2.17. The highest BCUT2D eigenvalue weighted by Crippen LogP contribution is 2.24. The van der Waals surface area contributed by atoms with Gasteiger partial charge in [-0.25, -0.2) is 10.2 Å². The molecule has 0 saturated heterocycles. The number of methoxy groups -OCH3 is 1. The second-order valence-electron chi connectivity index (χ2n) is 7.02. The summed E-state index contributed by atoms with van der Waals surface area (Å²) >= 11 is 6.02. The summed E-state index contributed by atoms with van der Waals surface area (Å²) in [6, 6.07) is 13.2. The Bertz CT molecular complexity index is 814. The second-order valence-corrected chi connectivity index (χ2v) is 7.45. The molecule has 1 amide bonds. The van der Waals surface area contributed by atoms with Crippen molar-refractivity contribution >= 4 is 23.9 Å². The molecular weight excluding hydrogens is 380 g/mol. The molecule has 0 heterocycles. The zero-order chi connectivity index (χ0) is 20.6. The summed E-state index contributed by atoms with van der Waals surface area (Å²) in [6.45, 7) is 7.24. The molecule has 0 aromatic heterocycles. The average molecular weight is 405 g/mol. The average Bonchev–Trinajstić information content (AvgIpc) is 2.66. The van der Waals surface area contributed by atoms with Crippen LogP contribution in [0.15, 0.2) is 47.6 Å². The standard InChI is InChI=1S/C21H25ClN2O4/c1-21(2,3)16-5-8-18(9-6-16)27-11-12-28-19-10-7-17(22)13-15(19)14-23-24-20(25)26-4/h5-10,13-14H,11-12H2,1-4H3,(H,24,25)/b23-14-. The van der Waals surface area contributed by atoms with Crippen LogP contribution in [-0.2, 0) is 10.2 Å². The lowest BCUT2D eigenvalue weighted by atomic mass is 9.87. The Morgan fingerprint density at radius 3 is 2.43 bits per heavy atom. The van der Waals surface area contributed by atoms with Crippen molar-refractivity contribution in [2.24, 2.45) is 5.10 Å². The number of carbonyl (C=O) groups is 1. The highest BCUT2D eigenvalue weighted by atomic mass is 35.5. The molecule has 6 nitrogen and oxygen atoms in total. The topological polar surface area (TPSA) is 69.2 Å². The third-order valence-electron chi connectivity index (χ3n) is 3.85. The summed E-state index contributed by atoms with van der Waals surface area (Å²) in [7, 11) is 1.26. The van der Waals surface area contributed by atoms with E-state index in [-0.39, 0.29) is 5.41 Å². The van der Waals surface area contributed by atoms with E-state index >= 15 is 0 Å². The van der Waals surface area contributed by atoms with Crippen LogP contribution in [-0.4, -0.2) is 32.6 Å². The number of hydrogen-bond acceptors (Lipinski definition) is 5. The van der Waals surface area contributed by atoms with Crippen LogP contribution in [0, 0.1) is 0 Å². The summed E-state index contributed by atoms with van der Waals surface area (Å²) in [5.41, 5.74) is 4.20. The summed E-state index contributed by atoms with van der Waals surface area (Å²) < 4.78 is 15.9. The van der Waals surface area contributed by atoms with Crippen LogP contribution in [0.1, 0.15) is 31.9 Å². The van der Waals surface area contributed by atoms with Gasteiger partial charge in [-0.3, -0.25) is 0 Å². The minimum absolute atomic E-state index is 0.108. The smallest absolute Gasteiger partial charge is 0.427 e. The first-order valence-electron chi connectivity index (χ1n) is 8.82. The van der Waals surface area contributed by atoms with Crippen LogP contribution in [0.25, 0.3) is 0 Å². The van der Waals surface area contributed by atoms with E-state index in [9.17, 15) is 4.79 Å². The molecule has 0 aliphatic carbocycles. The number of carbonyl (C=O) groups excluding carboxylic acids is 1. The van der Waals surface area contributed by atoms with Gasteiger partial charge in [0.25, 0.3) is 0 Å². The number of halogens is 1. The van der Waals surface area contributed by atoms with Crippen LogP contribution in [0.2, 0.25) is 5.02 Å². The maximum atomic E-state index is 11.1. The van der Waals surface area contributed by atoms with Gasteiger partial charge in [0.1, 0.15) is 24.7 Å². The molecule has 150 valence electrons. The maximum Gasteiger partial charge on any atom is 0.427 e. The fourth-order valence-corrected chi connectivity index (χ4v) is 2.49. The summed E-state index contributed by atoms with van der Waals surface area (Å²) in [6.07, 6.45) is 0.774. The summed E-state index contributed by atoms with van der Waals surface area (Å²) in [5, 5.41) is 4.33. The largest absolute Gasteiger partial charge is 0.490 e. The monoisotopic (exact) mass is 404 g/mol. The van der Waals surface area contributed by atoms with Crippen molar-refractivity contribution in [1.82, 2.24) is 5.43 Å². The first kappa shape index (κ1) is 21.6. The number of nitrogens with zero attached hydrogens (tertiary/aromatic N) is 1. The molecule has 2 aromatic carbocycles. The van der Waals surface area contributed by atoms with Gasteiger partial charge in [0, 0.05) is 10.6 Å². The third kappa shape index (κ3) is 6.78. The first-order chi connectivity index (χ1) is 13.3. The number of benzene rings is 2. The molecular formula is C21H25ClN2O4. The van der Waals surface area contributed by atoms with Crippen LogP contribution < -0.4 is 14.9 Å². The van der Waals surface area contributed by atoms with Gasteiger partial charge in [-0.2, -0.15) is 5.10 Å². The Hall–Kier alpha value is -2.73. The van der Waals surface area contributed by atoms with Crippen molar-refractivity contribution < 1.29 is 19.0 Å². The molecule has 0 atom stereocenters. The first-order valence-corrected chi connectivity index (χ1v) is 9.20. The Labute approximate surface area is 170 Å². The summed E-state index contributed by atoms with van der Waals surface area (Å²) in [4.78, 5) is 11.1. The number of amides is 1. The fraction of sp³-hybridized carbons (Fsp3) is 0.333. The molecule has 2 rings (SSSR count). The number of hydrogen-bond donors (Lipinski definition) is 1. The number of nitrogens with one attached hydrogen (secondary N) is 1. The molecule has 0 aliphatic rings. The van der Waals surface area contributed by atoms with Gasteiger partial charge in [-0.05, 0) is 41.3 Å². The number of rotatable bonds is 7. The third-order valence-corrected chi connectivity index (χ3v) is 4.08. The van der Waals surface area contributed by atoms with Gasteiger partial charge in [-0.15, -0.1) is 0 Å². The Kier molecular flexibility index (Phi) is 7.70. The molecule has 0 fully saturated rings. The summed E-state index contributed by atoms with van der Waals surface area (Å²) in [5.74, 6) is 1.36. The van der Waals surface area contributed by atoms with Crippen LogP contribution in [0.3, 0.4) is 0 Å². The van der Waals surface area contributed by atoms with Crippen molar-refractivity contribution in [3.63, 3.8) is 0 Å². The molecule has 7 heteroatoms. The second kappa shape index (κ2) is 9.99. The molecule has 0 spiro atoms. The van der Waals surface area contributed by atoms with E-state index in [4.69, 9.17) is 21.1 Å². The van der Waals surface area contributed by atoms with Crippen LogP contribution in [0.5, 0.6) is 11.5 Å². The Morgan fingerprint density at radius 2 is 1.79 bits per heavy atom. The lowest BCUT2D eigenvalue weighted by molar-refractivity contribution is 0.171. The van der Waals surface area contributed by atoms with E-state index in [1.807, 2.05) is 12.1 Å². The van der Waals surface area contributed by atoms with Gasteiger partial charge >= 0.3 is 6.09 Å². The fourth-order valence-electron chi connectivity index (χ4n) is 2.31. The minimum Gasteiger partial charge on any atom is -0.490 e. The van der Waals surface area contributed by atoms with Crippen molar-refractivity contribution in [3.8, 4) is 11.5 Å². The van der Waals surface area contributed by atoms with Crippen LogP contribution in [0.4, 0.5) is 4.79 Å². The molecule has 0 radical (unpaired) electrons. The molecule has 2 aromatic rings. The molecule has 0 unspecified atom stereocenters. The number of ether oxygens (including phenoxy) is 3. The normalized spacial score (nSPS) is 11.3. The van der Waals surface area contributed by atoms with Gasteiger partial charge in [0.15, 0.2) is 0 Å². The van der Waals surface area contributed by atoms with E-state index in [0.29, 0.717) is 29.5 Å². The van der Waals surface area contributed by atoms with Crippen LogP contribution >= 0.6 is 11.6 Å². The van der Waals surface area contributed by atoms with Crippen molar-refractivity contribution in [2.45, 2.75) is 26.2 Å². The van der Waals surface area contributed by atoms with Crippen molar-refractivity contribution in [1.29, 1.82) is 0 Å². The molecule has 1 N–H and O–H groups in total. The molecule has 0 saturated carbocycles. The zero-order valence-corrected chi connectivity index (χ0v) is 17.2. The van der Waals surface area contributed by atoms with Gasteiger partial charge in [0.05, 0.1) is 13.3 Å².